The molecule has 0 aliphatic carbocycles. The quantitative estimate of drug-likeness (QED) is 0.918. The van der Waals surface area contributed by atoms with Crippen LogP contribution in [0.15, 0.2) is 18.2 Å². The molecule has 1 atom stereocenters. The maximum Gasteiger partial charge on any atom is 0.231 e. The number of benzene rings is 1. The molecule has 2 saturated heterocycles. The van der Waals surface area contributed by atoms with Gasteiger partial charge < -0.3 is 10.1 Å². The number of nitrogens with one attached hydrogen (secondary N) is 1. The van der Waals surface area contributed by atoms with Gasteiger partial charge in [-0.1, -0.05) is 6.07 Å². The molecule has 1 aromatic carbocycles. The van der Waals surface area contributed by atoms with Crippen LogP contribution in [0.2, 0.25) is 0 Å². The Morgan fingerprint density at radius 1 is 1.30 bits per heavy atom. The highest BCUT2D eigenvalue weighted by atomic mass is 32.2. The average Bonchev–Trinajstić information content (AvgIpc) is 2.56. The minimum atomic E-state index is -0.960. The van der Waals surface area contributed by atoms with Gasteiger partial charge in [0.15, 0.2) is 0 Å². The van der Waals surface area contributed by atoms with E-state index >= 15 is 0 Å². The van der Waals surface area contributed by atoms with Crippen LogP contribution in [0.4, 0.5) is 8.78 Å². The summed E-state index contributed by atoms with van der Waals surface area (Å²) >= 11 is 1.83. The molecule has 0 aromatic heterocycles. The summed E-state index contributed by atoms with van der Waals surface area (Å²) in [4.78, 5) is 13.0. The van der Waals surface area contributed by atoms with Crippen molar-refractivity contribution in [1.82, 2.24) is 5.32 Å². The van der Waals surface area contributed by atoms with Crippen LogP contribution in [0.3, 0.4) is 0 Å². The highest BCUT2D eigenvalue weighted by molar-refractivity contribution is 7.99. The molecule has 23 heavy (non-hydrogen) atoms. The zero-order valence-electron chi connectivity index (χ0n) is 12.9. The van der Waals surface area contributed by atoms with E-state index in [-0.39, 0.29) is 17.5 Å². The molecule has 2 aliphatic heterocycles. The van der Waals surface area contributed by atoms with E-state index in [1.165, 1.54) is 12.1 Å². The molecule has 0 unspecified atom stereocenters. The molecule has 2 fully saturated rings. The summed E-state index contributed by atoms with van der Waals surface area (Å²) in [6.07, 6.45) is 2.87. The Morgan fingerprint density at radius 3 is 2.74 bits per heavy atom. The monoisotopic (exact) mass is 341 g/mol. The molecule has 2 heterocycles. The van der Waals surface area contributed by atoms with E-state index in [1.807, 2.05) is 11.8 Å². The van der Waals surface area contributed by atoms with Gasteiger partial charge in [0.1, 0.15) is 11.6 Å². The van der Waals surface area contributed by atoms with E-state index in [0.29, 0.717) is 26.1 Å². The standard InChI is InChI=1S/C17H21F2NO2S/c18-12-3-4-14(15(19)10-12)17(5-7-22-8-6-17)16(21)20-13-2-1-9-23-11-13/h3-4,10,13H,1-2,5-9,11H2,(H,20,21)/t13-/m0/s1. The summed E-state index contributed by atoms with van der Waals surface area (Å²) in [7, 11) is 0. The van der Waals surface area contributed by atoms with Gasteiger partial charge in [-0.3, -0.25) is 4.79 Å². The van der Waals surface area contributed by atoms with E-state index in [1.54, 1.807) is 0 Å². The van der Waals surface area contributed by atoms with E-state index in [9.17, 15) is 13.6 Å². The highest BCUT2D eigenvalue weighted by Gasteiger charge is 2.44. The number of amides is 1. The van der Waals surface area contributed by atoms with E-state index in [4.69, 9.17) is 4.74 Å². The molecule has 126 valence electrons. The minimum Gasteiger partial charge on any atom is -0.381 e. The summed E-state index contributed by atoms with van der Waals surface area (Å²) in [5.41, 5.74) is -0.679. The van der Waals surface area contributed by atoms with Crippen LogP contribution in [0.25, 0.3) is 0 Å². The van der Waals surface area contributed by atoms with Gasteiger partial charge in [0.2, 0.25) is 5.91 Å². The molecule has 0 spiro atoms. The second-order valence-corrected chi connectivity index (χ2v) is 7.36. The third kappa shape index (κ3) is 3.53. The molecule has 3 nitrogen and oxygen atoms in total. The number of rotatable bonds is 3. The summed E-state index contributed by atoms with van der Waals surface area (Å²) in [5.74, 6) is 0.582. The van der Waals surface area contributed by atoms with Crippen molar-refractivity contribution in [3.63, 3.8) is 0 Å². The smallest absolute Gasteiger partial charge is 0.231 e. The Hall–Kier alpha value is -1.14. The molecular weight excluding hydrogens is 320 g/mol. The molecule has 0 bridgehead atoms. The van der Waals surface area contributed by atoms with Crippen molar-refractivity contribution < 1.29 is 18.3 Å². The van der Waals surface area contributed by atoms with Crippen LogP contribution in [-0.2, 0) is 14.9 Å². The molecule has 2 aliphatic rings. The summed E-state index contributed by atoms with van der Waals surface area (Å²) in [5, 5.41) is 3.09. The van der Waals surface area contributed by atoms with Crippen LogP contribution in [-0.4, -0.2) is 36.7 Å². The van der Waals surface area contributed by atoms with Gasteiger partial charge in [0.25, 0.3) is 0 Å². The summed E-state index contributed by atoms with van der Waals surface area (Å²) in [6, 6.07) is 3.62. The first-order valence-corrected chi connectivity index (χ1v) is 9.19. The molecular formula is C17H21F2NO2S. The number of carbonyl (C=O) groups is 1. The fraction of sp³-hybridized carbons (Fsp3) is 0.588. The molecule has 1 amide bonds. The van der Waals surface area contributed by atoms with Crippen molar-refractivity contribution in [3.05, 3.63) is 35.4 Å². The normalized spacial score (nSPS) is 24.2. The zero-order valence-corrected chi connectivity index (χ0v) is 13.8. The molecule has 1 aromatic rings. The van der Waals surface area contributed by atoms with Crippen LogP contribution in [0.1, 0.15) is 31.2 Å². The molecule has 0 saturated carbocycles. The van der Waals surface area contributed by atoms with Crippen molar-refractivity contribution in [2.75, 3.05) is 24.7 Å². The van der Waals surface area contributed by atoms with E-state index in [2.05, 4.69) is 5.32 Å². The third-order valence-electron chi connectivity index (χ3n) is 4.72. The van der Waals surface area contributed by atoms with Gasteiger partial charge in [-0.15, -0.1) is 0 Å². The lowest BCUT2D eigenvalue weighted by Gasteiger charge is -2.38. The van der Waals surface area contributed by atoms with Crippen molar-refractivity contribution >= 4 is 17.7 Å². The Bertz CT molecular complexity index is 570. The van der Waals surface area contributed by atoms with Gasteiger partial charge in [-0.05, 0) is 37.5 Å². The fourth-order valence-corrected chi connectivity index (χ4v) is 4.47. The van der Waals surface area contributed by atoms with Gasteiger partial charge in [0, 0.05) is 36.6 Å². The van der Waals surface area contributed by atoms with Crippen LogP contribution < -0.4 is 5.32 Å². The maximum absolute atomic E-state index is 14.4. The Morgan fingerprint density at radius 2 is 2.09 bits per heavy atom. The first-order valence-electron chi connectivity index (χ1n) is 8.04. The molecule has 1 N–H and O–H groups in total. The Labute approximate surface area is 139 Å². The average molecular weight is 341 g/mol. The lowest BCUT2D eigenvalue weighted by molar-refractivity contribution is -0.131. The number of hydrogen-bond donors (Lipinski definition) is 1. The Kier molecular flexibility index (Phi) is 5.21. The van der Waals surface area contributed by atoms with Crippen molar-refractivity contribution in [3.8, 4) is 0 Å². The van der Waals surface area contributed by atoms with Gasteiger partial charge in [0.05, 0.1) is 5.41 Å². The van der Waals surface area contributed by atoms with Crippen LogP contribution in [0, 0.1) is 11.6 Å². The second-order valence-electron chi connectivity index (χ2n) is 6.21. The van der Waals surface area contributed by atoms with Crippen molar-refractivity contribution in [2.45, 2.75) is 37.1 Å². The van der Waals surface area contributed by atoms with Gasteiger partial charge in [-0.25, -0.2) is 8.78 Å². The van der Waals surface area contributed by atoms with Gasteiger partial charge >= 0.3 is 0 Å². The number of ether oxygens (including phenoxy) is 1. The largest absolute Gasteiger partial charge is 0.381 e. The number of hydrogen-bond acceptors (Lipinski definition) is 3. The number of carbonyl (C=O) groups excluding carboxylic acids is 1. The summed E-state index contributed by atoms with van der Waals surface area (Å²) in [6.45, 7) is 0.813. The minimum absolute atomic E-state index is 0.129. The summed E-state index contributed by atoms with van der Waals surface area (Å²) < 4.78 is 33.0. The third-order valence-corrected chi connectivity index (χ3v) is 5.94. The van der Waals surface area contributed by atoms with Crippen LogP contribution in [0.5, 0.6) is 0 Å². The number of halogens is 2. The highest BCUT2D eigenvalue weighted by Crippen LogP contribution is 2.37. The second kappa shape index (κ2) is 7.18. The first-order chi connectivity index (χ1) is 11.1. The topological polar surface area (TPSA) is 38.3 Å². The van der Waals surface area contributed by atoms with Crippen molar-refractivity contribution in [1.29, 1.82) is 0 Å². The fourth-order valence-electron chi connectivity index (χ4n) is 3.39. The lowest BCUT2D eigenvalue weighted by atomic mass is 9.73. The predicted molar refractivity (Wildman–Crippen MR) is 86.6 cm³/mol. The SMILES string of the molecule is O=C(N[C@H]1CCCSC1)C1(c2ccc(F)cc2F)CCOCC1. The first kappa shape index (κ1) is 16.7. The number of thioether (sulfide) groups is 1. The zero-order chi connectivity index (χ0) is 16.3. The van der Waals surface area contributed by atoms with E-state index in [0.717, 1.165) is 30.4 Å². The van der Waals surface area contributed by atoms with E-state index < -0.39 is 17.0 Å². The molecule has 0 radical (unpaired) electrons. The molecule has 3 rings (SSSR count). The Balaban J connectivity index is 1.87. The maximum atomic E-state index is 14.4. The van der Waals surface area contributed by atoms with Crippen LogP contribution >= 0.6 is 11.8 Å². The van der Waals surface area contributed by atoms with Crippen molar-refractivity contribution in [2.24, 2.45) is 0 Å². The molecule has 6 heteroatoms. The predicted octanol–water partition coefficient (Wildman–Crippen LogP) is 3.02. The lowest BCUT2D eigenvalue weighted by Crippen LogP contribution is -2.52. The van der Waals surface area contributed by atoms with Gasteiger partial charge in [-0.2, -0.15) is 11.8 Å².